The number of carbonyl (C=O) groups excluding carboxylic acids is 1. The smallest absolute Gasteiger partial charge is 0.214 e. The van der Waals surface area contributed by atoms with Crippen LogP contribution in [0.1, 0.15) is 15.9 Å². The Balaban J connectivity index is 1.96. The van der Waals surface area contributed by atoms with Gasteiger partial charge in [0.15, 0.2) is 5.11 Å². The van der Waals surface area contributed by atoms with Gasteiger partial charge in [0.2, 0.25) is 5.78 Å². The van der Waals surface area contributed by atoms with E-state index >= 15 is 0 Å². The molecule has 1 aliphatic carbocycles. The molecule has 0 aliphatic heterocycles. The zero-order chi connectivity index (χ0) is 14.8. The molecule has 0 saturated carbocycles. The highest BCUT2D eigenvalue weighted by Crippen LogP contribution is 2.30. The lowest BCUT2D eigenvalue weighted by atomic mass is 10.1. The first-order valence-corrected chi connectivity index (χ1v) is 6.92. The number of hydrogen-bond donors (Lipinski definition) is 2. The Labute approximate surface area is 127 Å². The summed E-state index contributed by atoms with van der Waals surface area (Å²) in [7, 11) is 0. The predicted octanol–water partition coefficient (Wildman–Crippen LogP) is 2.39. The maximum atomic E-state index is 12.5. The Bertz CT molecular complexity index is 790. The normalized spacial score (nSPS) is 14.5. The number of thiocarbonyl (C=S) groups is 1. The van der Waals surface area contributed by atoms with Crippen LogP contribution in [0.2, 0.25) is 0 Å². The maximum Gasteiger partial charge on any atom is 0.214 e. The fourth-order valence-electron chi connectivity index (χ4n) is 2.40. The summed E-state index contributed by atoms with van der Waals surface area (Å²) in [6, 6.07) is 11.5. The van der Waals surface area contributed by atoms with Gasteiger partial charge in [-0.25, -0.2) is 0 Å². The van der Waals surface area contributed by atoms with Crippen molar-refractivity contribution >= 4 is 39.6 Å². The van der Waals surface area contributed by atoms with E-state index in [1.165, 1.54) is 0 Å². The van der Waals surface area contributed by atoms with Crippen LogP contribution in [0, 0.1) is 0 Å². The third-order valence-corrected chi connectivity index (χ3v) is 3.53. The second-order valence-electron chi connectivity index (χ2n) is 4.61. The van der Waals surface area contributed by atoms with E-state index in [4.69, 9.17) is 12.2 Å². The molecule has 0 bridgehead atoms. The van der Waals surface area contributed by atoms with Crippen LogP contribution in [0.4, 0.5) is 0 Å². The summed E-state index contributed by atoms with van der Waals surface area (Å²) in [5.41, 5.74) is 4.63. The van der Waals surface area contributed by atoms with E-state index < -0.39 is 0 Å². The molecule has 2 aromatic rings. The van der Waals surface area contributed by atoms with Gasteiger partial charge in [0.05, 0.1) is 0 Å². The third kappa shape index (κ3) is 2.32. The number of carbonyl (C=O) groups is 1. The number of hydrogen-bond acceptors (Lipinski definition) is 3. The van der Waals surface area contributed by atoms with Crippen molar-refractivity contribution in [1.29, 1.82) is 0 Å². The lowest BCUT2D eigenvalue weighted by Crippen LogP contribution is -2.33. The highest BCUT2D eigenvalue weighted by molar-refractivity contribution is 7.80. The van der Waals surface area contributed by atoms with Gasteiger partial charge in [-0.2, -0.15) is 5.10 Å². The summed E-state index contributed by atoms with van der Waals surface area (Å²) in [5, 5.41) is 9.43. The Hall–Kier alpha value is -2.53. The molecular weight excluding hydrogens is 282 g/mol. The Morgan fingerprint density at radius 2 is 1.95 bits per heavy atom. The fourth-order valence-corrected chi connectivity index (χ4v) is 2.53. The molecular formula is C16H13N3OS. The van der Waals surface area contributed by atoms with Gasteiger partial charge < -0.3 is 5.32 Å². The molecule has 104 valence electrons. The SMILES string of the molecule is C=CCNC(=S)N/N=C1\C(=O)c2cccc3cccc1c23. The van der Waals surface area contributed by atoms with Crippen molar-refractivity contribution in [2.24, 2.45) is 5.10 Å². The van der Waals surface area contributed by atoms with Gasteiger partial charge in [-0.1, -0.05) is 42.5 Å². The molecule has 1 aliphatic rings. The Morgan fingerprint density at radius 1 is 1.24 bits per heavy atom. The predicted molar refractivity (Wildman–Crippen MR) is 88.7 cm³/mol. The molecule has 0 fully saturated rings. The second-order valence-corrected chi connectivity index (χ2v) is 5.02. The van der Waals surface area contributed by atoms with Crippen molar-refractivity contribution in [3.8, 4) is 0 Å². The van der Waals surface area contributed by atoms with Crippen LogP contribution in [-0.4, -0.2) is 23.2 Å². The highest BCUT2D eigenvalue weighted by Gasteiger charge is 2.28. The number of benzene rings is 2. The van der Waals surface area contributed by atoms with Gasteiger partial charge >= 0.3 is 0 Å². The average Bonchev–Trinajstić information content (AvgIpc) is 2.78. The van der Waals surface area contributed by atoms with Crippen LogP contribution in [0.15, 0.2) is 54.2 Å². The van der Waals surface area contributed by atoms with Crippen molar-refractivity contribution in [3.63, 3.8) is 0 Å². The van der Waals surface area contributed by atoms with Crippen LogP contribution in [0.5, 0.6) is 0 Å². The lowest BCUT2D eigenvalue weighted by molar-refractivity contribution is 0.106. The van der Waals surface area contributed by atoms with Crippen molar-refractivity contribution in [2.45, 2.75) is 0 Å². The number of Topliss-reactive ketones (excluding diaryl/α,β-unsaturated/α-hetero) is 1. The Morgan fingerprint density at radius 3 is 2.67 bits per heavy atom. The zero-order valence-electron chi connectivity index (χ0n) is 11.2. The van der Waals surface area contributed by atoms with Gasteiger partial charge in [0.1, 0.15) is 5.71 Å². The number of nitrogens with one attached hydrogen (secondary N) is 2. The topological polar surface area (TPSA) is 53.5 Å². The molecule has 4 nitrogen and oxygen atoms in total. The molecule has 0 aromatic heterocycles. The third-order valence-electron chi connectivity index (χ3n) is 3.30. The molecule has 0 amide bonds. The number of ketones is 1. The maximum absolute atomic E-state index is 12.5. The molecule has 2 aromatic carbocycles. The first-order valence-electron chi connectivity index (χ1n) is 6.51. The number of nitrogens with zero attached hydrogens (tertiary/aromatic N) is 1. The van der Waals surface area contributed by atoms with Crippen molar-refractivity contribution in [2.75, 3.05) is 6.54 Å². The molecule has 0 radical (unpaired) electrons. The van der Waals surface area contributed by atoms with Crippen LogP contribution >= 0.6 is 12.2 Å². The van der Waals surface area contributed by atoms with Gasteiger partial charge in [0.25, 0.3) is 0 Å². The molecule has 3 rings (SSSR count). The van der Waals surface area contributed by atoms with E-state index in [2.05, 4.69) is 22.4 Å². The zero-order valence-corrected chi connectivity index (χ0v) is 12.0. The van der Waals surface area contributed by atoms with Gasteiger partial charge in [-0.05, 0) is 17.6 Å². The molecule has 0 unspecified atom stereocenters. The number of hydrazone groups is 1. The standard InChI is InChI=1S/C16H13N3OS/c1-2-9-17-16(21)19-18-14-11-7-3-5-10-6-4-8-12(13(10)11)15(14)20/h2-8H,1,9H2,(H2,17,19,21)/b18-14-. The fraction of sp³-hybridized carbons (Fsp3) is 0.0625. The molecule has 5 heteroatoms. The van der Waals surface area contributed by atoms with Crippen LogP contribution in [0.3, 0.4) is 0 Å². The van der Waals surface area contributed by atoms with E-state index in [-0.39, 0.29) is 5.78 Å². The van der Waals surface area contributed by atoms with Crippen molar-refractivity contribution in [1.82, 2.24) is 10.7 Å². The molecule has 21 heavy (non-hydrogen) atoms. The lowest BCUT2D eigenvalue weighted by Gasteiger charge is -2.05. The van der Waals surface area contributed by atoms with Crippen molar-refractivity contribution in [3.05, 3.63) is 60.2 Å². The van der Waals surface area contributed by atoms with Gasteiger partial charge in [0, 0.05) is 23.1 Å². The summed E-state index contributed by atoms with van der Waals surface area (Å²) in [5.74, 6) is -0.0826. The average molecular weight is 295 g/mol. The summed E-state index contributed by atoms with van der Waals surface area (Å²) >= 11 is 5.07. The monoisotopic (exact) mass is 295 g/mol. The minimum absolute atomic E-state index is 0.0826. The quantitative estimate of drug-likeness (QED) is 0.519. The highest BCUT2D eigenvalue weighted by atomic mass is 32.1. The molecule has 0 heterocycles. The molecule has 2 N–H and O–H groups in total. The summed E-state index contributed by atoms with van der Waals surface area (Å²) in [4.78, 5) is 12.5. The van der Waals surface area contributed by atoms with Crippen molar-refractivity contribution < 1.29 is 4.79 Å². The summed E-state index contributed by atoms with van der Waals surface area (Å²) in [6.45, 7) is 4.14. The van der Waals surface area contributed by atoms with E-state index in [1.807, 2.05) is 36.4 Å². The van der Waals surface area contributed by atoms with Crippen LogP contribution in [0.25, 0.3) is 10.8 Å². The summed E-state index contributed by atoms with van der Waals surface area (Å²) < 4.78 is 0. The summed E-state index contributed by atoms with van der Waals surface area (Å²) in [6.07, 6.45) is 1.69. The van der Waals surface area contributed by atoms with Crippen LogP contribution < -0.4 is 10.7 Å². The number of rotatable bonds is 3. The Kier molecular flexibility index (Phi) is 3.50. The minimum Gasteiger partial charge on any atom is -0.358 e. The van der Waals surface area contributed by atoms with Crippen LogP contribution in [-0.2, 0) is 0 Å². The first kappa shape index (κ1) is 13.5. The molecule has 0 atom stereocenters. The van der Waals surface area contributed by atoms with Gasteiger partial charge in [-0.15, -0.1) is 6.58 Å². The van der Waals surface area contributed by atoms with E-state index in [0.717, 1.165) is 16.3 Å². The van der Waals surface area contributed by atoms with E-state index in [9.17, 15) is 4.79 Å². The molecule has 0 spiro atoms. The first-order chi connectivity index (χ1) is 10.2. The minimum atomic E-state index is -0.0826. The molecule has 0 saturated heterocycles. The second kappa shape index (κ2) is 5.46. The largest absolute Gasteiger partial charge is 0.358 e. The van der Waals surface area contributed by atoms with Gasteiger partial charge in [-0.3, -0.25) is 10.2 Å². The van der Waals surface area contributed by atoms with E-state index in [1.54, 1.807) is 6.08 Å². The van der Waals surface area contributed by atoms with E-state index in [0.29, 0.717) is 22.9 Å².